The Bertz CT molecular complexity index is 472. The summed E-state index contributed by atoms with van der Waals surface area (Å²) in [6.07, 6.45) is 0.172. The lowest BCUT2D eigenvalue weighted by Crippen LogP contribution is -2.40. The highest BCUT2D eigenvalue weighted by Crippen LogP contribution is 2.11. The first-order chi connectivity index (χ1) is 9.54. The molecule has 20 heavy (non-hydrogen) atoms. The van der Waals surface area contributed by atoms with Crippen molar-refractivity contribution >= 4 is 17.8 Å². The fraction of sp³-hybridized carbons (Fsp3) is 0.357. The summed E-state index contributed by atoms with van der Waals surface area (Å²) in [5.74, 6) is -3.51. The smallest absolute Gasteiger partial charge is 0.322 e. The zero-order valence-corrected chi connectivity index (χ0v) is 11.2. The molecule has 0 aromatic heterocycles. The molecule has 2 N–H and O–H groups in total. The maximum Gasteiger partial charge on any atom is 0.322 e. The van der Waals surface area contributed by atoms with E-state index in [0.29, 0.717) is 0 Å². The van der Waals surface area contributed by atoms with Crippen LogP contribution in [-0.2, 0) is 25.5 Å². The minimum Gasteiger partial charge on any atom is -0.480 e. The predicted molar refractivity (Wildman–Crippen MR) is 70.9 cm³/mol. The number of amides is 1. The van der Waals surface area contributed by atoms with Gasteiger partial charge in [-0.15, -0.1) is 0 Å². The Morgan fingerprint density at radius 3 is 2.45 bits per heavy atom. The lowest BCUT2D eigenvalue weighted by Gasteiger charge is -2.15. The van der Waals surface area contributed by atoms with Gasteiger partial charge in [0.25, 0.3) is 0 Å². The van der Waals surface area contributed by atoms with Gasteiger partial charge >= 0.3 is 11.9 Å². The number of carbonyl (C=O) groups excluding carboxylic acids is 2. The average Bonchev–Trinajstić information content (AvgIpc) is 2.43. The Kier molecular flexibility index (Phi) is 6.22. The molecule has 0 saturated carbocycles. The minimum atomic E-state index is -1.17. The Hall–Kier alpha value is -2.37. The van der Waals surface area contributed by atoms with E-state index in [1.54, 1.807) is 31.2 Å². The number of aliphatic carboxylic acids is 1. The van der Waals surface area contributed by atoms with Crippen LogP contribution in [0.15, 0.2) is 30.3 Å². The molecule has 1 aromatic carbocycles. The SMILES string of the molecule is CCOC(=O)[C@H](Cc1ccccc1)C(=O)NCC(=O)O. The fourth-order valence-corrected chi connectivity index (χ4v) is 1.66. The van der Waals surface area contributed by atoms with Crippen molar-refractivity contribution in [1.29, 1.82) is 0 Å². The number of rotatable bonds is 7. The minimum absolute atomic E-state index is 0.163. The van der Waals surface area contributed by atoms with E-state index in [-0.39, 0.29) is 13.0 Å². The molecule has 0 aliphatic heterocycles. The molecular weight excluding hydrogens is 262 g/mol. The van der Waals surface area contributed by atoms with Gasteiger partial charge in [0, 0.05) is 0 Å². The Morgan fingerprint density at radius 1 is 1.25 bits per heavy atom. The third kappa shape index (κ3) is 5.09. The van der Waals surface area contributed by atoms with E-state index in [2.05, 4.69) is 5.32 Å². The summed E-state index contributed by atoms with van der Waals surface area (Å²) in [6.45, 7) is 1.28. The monoisotopic (exact) mass is 279 g/mol. The summed E-state index contributed by atoms with van der Waals surface area (Å²) in [7, 11) is 0. The first-order valence-electron chi connectivity index (χ1n) is 6.24. The molecule has 0 unspecified atom stereocenters. The Labute approximate surface area is 116 Å². The Balaban J connectivity index is 2.76. The summed E-state index contributed by atoms with van der Waals surface area (Å²) in [4.78, 5) is 34.1. The molecule has 0 radical (unpaired) electrons. The molecule has 0 saturated heterocycles. The van der Waals surface area contributed by atoms with Crippen molar-refractivity contribution in [2.45, 2.75) is 13.3 Å². The van der Waals surface area contributed by atoms with Crippen molar-refractivity contribution < 1.29 is 24.2 Å². The van der Waals surface area contributed by atoms with E-state index in [4.69, 9.17) is 9.84 Å². The highest BCUT2D eigenvalue weighted by molar-refractivity contribution is 5.98. The maximum absolute atomic E-state index is 11.9. The summed E-state index contributed by atoms with van der Waals surface area (Å²) in [6, 6.07) is 9.00. The van der Waals surface area contributed by atoms with Gasteiger partial charge in [-0.25, -0.2) is 0 Å². The number of nitrogens with one attached hydrogen (secondary N) is 1. The first-order valence-corrected chi connectivity index (χ1v) is 6.24. The number of hydrogen-bond acceptors (Lipinski definition) is 4. The number of hydrogen-bond donors (Lipinski definition) is 2. The predicted octanol–water partition coefficient (Wildman–Crippen LogP) is 0.609. The summed E-state index contributed by atoms with van der Waals surface area (Å²) < 4.78 is 4.86. The number of benzene rings is 1. The van der Waals surface area contributed by atoms with E-state index in [1.807, 2.05) is 6.07 Å². The van der Waals surface area contributed by atoms with Crippen molar-refractivity contribution in [3.8, 4) is 0 Å². The molecular formula is C14H17NO5. The topological polar surface area (TPSA) is 92.7 Å². The third-order valence-corrected chi connectivity index (χ3v) is 2.58. The summed E-state index contributed by atoms with van der Waals surface area (Å²) in [5.41, 5.74) is 0.802. The molecule has 0 aliphatic rings. The highest BCUT2D eigenvalue weighted by Gasteiger charge is 2.28. The normalized spacial score (nSPS) is 11.4. The molecule has 1 rings (SSSR count). The molecule has 0 bridgehead atoms. The quantitative estimate of drug-likeness (QED) is 0.563. The molecule has 1 amide bonds. The van der Waals surface area contributed by atoms with Crippen LogP contribution in [0.5, 0.6) is 0 Å². The standard InChI is InChI=1S/C14H17NO5/c1-2-20-14(19)11(13(18)15-9-12(16)17)8-10-6-4-3-5-7-10/h3-7,11H,2,8-9H2,1H3,(H,15,18)(H,16,17)/t11-/m1/s1. The molecule has 6 nitrogen and oxygen atoms in total. The van der Waals surface area contributed by atoms with Crippen molar-refractivity contribution in [2.24, 2.45) is 5.92 Å². The van der Waals surface area contributed by atoms with Gasteiger partial charge in [0.15, 0.2) is 0 Å². The third-order valence-electron chi connectivity index (χ3n) is 2.58. The fourth-order valence-electron chi connectivity index (χ4n) is 1.66. The summed E-state index contributed by atoms with van der Waals surface area (Å²) in [5, 5.41) is 10.7. The van der Waals surface area contributed by atoms with Gasteiger partial charge in [-0.2, -0.15) is 0 Å². The number of carboxylic acids is 1. The lowest BCUT2D eigenvalue weighted by molar-refractivity contribution is -0.153. The van der Waals surface area contributed by atoms with Crippen LogP contribution in [0.3, 0.4) is 0 Å². The van der Waals surface area contributed by atoms with Crippen molar-refractivity contribution in [3.63, 3.8) is 0 Å². The molecule has 1 aromatic rings. The van der Waals surface area contributed by atoms with Crippen molar-refractivity contribution in [2.75, 3.05) is 13.2 Å². The number of carbonyl (C=O) groups is 3. The molecule has 1 atom stereocenters. The molecule has 0 spiro atoms. The van der Waals surface area contributed by atoms with Gasteiger partial charge < -0.3 is 15.2 Å². The molecule has 0 aliphatic carbocycles. The number of esters is 1. The van der Waals surface area contributed by atoms with E-state index in [0.717, 1.165) is 5.56 Å². The van der Waals surface area contributed by atoms with E-state index in [9.17, 15) is 14.4 Å². The van der Waals surface area contributed by atoms with Crippen LogP contribution >= 0.6 is 0 Å². The van der Waals surface area contributed by atoms with Crippen LogP contribution in [-0.4, -0.2) is 36.1 Å². The van der Waals surface area contributed by atoms with Crippen LogP contribution in [0.2, 0.25) is 0 Å². The second-order valence-corrected chi connectivity index (χ2v) is 4.11. The second kappa shape index (κ2) is 7.93. The highest BCUT2D eigenvalue weighted by atomic mass is 16.5. The van der Waals surface area contributed by atoms with Crippen molar-refractivity contribution in [3.05, 3.63) is 35.9 Å². The molecule has 108 valence electrons. The van der Waals surface area contributed by atoms with E-state index < -0.39 is 30.3 Å². The van der Waals surface area contributed by atoms with Crippen LogP contribution < -0.4 is 5.32 Å². The van der Waals surface area contributed by atoms with Gasteiger partial charge in [0.2, 0.25) is 5.91 Å². The van der Waals surface area contributed by atoms with Gasteiger partial charge in [-0.3, -0.25) is 14.4 Å². The van der Waals surface area contributed by atoms with Crippen molar-refractivity contribution in [1.82, 2.24) is 5.32 Å². The number of ether oxygens (including phenoxy) is 1. The first kappa shape index (κ1) is 15.7. The van der Waals surface area contributed by atoms with Crippen LogP contribution in [0.25, 0.3) is 0 Å². The van der Waals surface area contributed by atoms with Crippen LogP contribution in [0.4, 0.5) is 0 Å². The summed E-state index contributed by atoms with van der Waals surface area (Å²) >= 11 is 0. The molecule has 0 fully saturated rings. The van der Waals surface area contributed by atoms with E-state index >= 15 is 0 Å². The zero-order valence-electron chi connectivity index (χ0n) is 11.2. The van der Waals surface area contributed by atoms with Gasteiger partial charge in [-0.05, 0) is 18.9 Å². The van der Waals surface area contributed by atoms with Gasteiger partial charge in [0.1, 0.15) is 12.5 Å². The second-order valence-electron chi connectivity index (χ2n) is 4.11. The largest absolute Gasteiger partial charge is 0.480 e. The van der Waals surface area contributed by atoms with E-state index in [1.165, 1.54) is 0 Å². The number of carboxylic acid groups (broad SMARTS) is 1. The van der Waals surface area contributed by atoms with Gasteiger partial charge in [-0.1, -0.05) is 30.3 Å². The lowest BCUT2D eigenvalue weighted by atomic mass is 9.98. The molecule has 6 heteroatoms. The van der Waals surface area contributed by atoms with Crippen LogP contribution in [0, 0.1) is 5.92 Å². The zero-order chi connectivity index (χ0) is 15.0. The maximum atomic E-state index is 11.9. The Morgan fingerprint density at radius 2 is 1.90 bits per heavy atom. The van der Waals surface area contributed by atoms with Crippen LogP contribution in [0.1, 0.15) is 12.5 Å². The molecule has 0 heterocycles. The van der Waals surface area contributed by atoms with Gasteiger partial charge in [0.05, 0.1) is 6.61 Å². The average molecular weight is 279 g/mol.